The van der Waals surface area contributed by atoms with E-state index in [1.165, 1.54) is 31.2 Å². The molecule has 1 atom stereocenters. The van der Waals surface area contributed by atoms with Crippen LogP contribution in [0.15, 0.2) is 53.4 Å². The highest BCUT2D eigenvalue weighted by Crippen LogP contribution is 2.25. The molecule has 1 saturated heterocycles. The van der Waals surface area contributed by atoms with Crippen molar-refractivity contribution in [3.05, 3.63) is 48.5 Å². The molecule has 28 heavy (non-hydrogen) atoms. The number of rotatable bonds is 6. The minimum atomic E-state index is -3.79. The molecule has 1 aliphatic rings. The molecular weight excluding hydrogens is 382 g/mol. The van der Waals surface area contributed by atoms with Crippen LogP contribution in [0.5, 0.6) is 5.75 Å². The number of hydrogen-bond acceptors (Lipinski definition) is 5. The Morgan fingerprint density at radius 2 is 1.75 bits per heavy atom. The Bertz CT molecular complexity index is 972. The lowest BCUT2D eigenvalue weighted by molar-refractivity contribution is -0.117. The van der Waals surface area contributed by atoms with Gasteiger partial charge in [-0.2, -0.15) is 0 Å². The molecular formula is C19H21N3O5S. The maximum absolute atomic E-state index is 12.6. The van der Waals surface area contributed by atoms with Crippen LogP contribution in [0.2, 0.25) is 0 Å². The Kier molecular flexibility index (Phi) is 5.66. The molecule has 0 aromatic heterocycles. The van der Waals surface area contributed by atoms with Gasteiger partial charge >= 0.3 is 0 Å². The van der Waals surface area contributed by atoms with E-state index in [0.29, 0.717) is 17.1 Å². The molecule has 2 N–H and O–H groups in total. The van der Waals surface area contributed by atoms with Crippen molar-refractivity contribution in [2.45, 2.75) is 24.3 Å². The van der Waals surface area contributed by atoms with Crippen molar-refractivity contribution in [2.24, 2.45) is 0 Å². The fraction of sp³-hybridized carbons (Fsp3) is 0.263. The smallest absolute Gasteiger partial charge is 0.240 e. The average Bonchev–Trinajstić information content (AvgIpc) is 3.01. The summed E-state index contributed by atoms with van der Waals surface area (Å²) in [4.78, 5) is 25.0. The van der Waals surface area contributed by atoms with Crippen LogP contribution in [0, 0.1) is 0 Å². The number of ether oxygens (including phenoxy) is 1. The Hall–Kier alpha value is -2.91. The molecule has 2 aromatic rings. The van der Waals surface area contributed by atoms with Crippen molar-refractivity contribution in [3.8, 4) is 5.75 Å². The van der Waals surface area contributed by atoms with Crippen molar-refractivity contribution in [2.75, 3.05) is 23.9 Å². The number of anilines is 2. The highest BCUT2D eigenvalue weighted by molar-refractivity contribution is 7.89. The highest BCUT2D eigenvalue weighted by atomic mass is 32.2. The normalized spacial score (nSPS) is 16.9. The summed E-state index contributed by atoms with van der Waals surface area (Å²) in [5.41, 5.74) is 1.19. The van der Waals surface area contributed by atoms with Crippen LogP contribution >= 0.6 is 0 Å². The summed E-state index contributed by atoms with van der Waals surface area (Å²) in [7, 11) is -2.23. The van der Waals surface area contributed by atoms with E-state index in [-0.39, 0.29) is 29.7 Å². The minimum Gasteiger partial charge on any atom is -0.497 e. The van der Waals surface area contributed by atoms with Crippen molar-refractivity contribution >= 4 is 33.2 Å². The van der Waals surface area contributed by atoms with Crippen molar-refractivity contribution < 1.29 is 22.7 Å². The number of benzene rings is 2. The van der Waals surface area contributed by atoms with Gasteiger partial charge in [0.25, 0.3) is 0 Å². The van der Waals surface area contributed by atoms with Crippen molar-refractivity contribution in [3.63, 3.8) is 0 Å². The van der Waals surface area contributed by atoms with Crippen LogP contribution in [0.1, 0.15) is 13.3 Å². The summed E-state index contributed by atoms with van der Waals surface area (Å²) in [6.45, 7) is 1.62. The van der Waals surface area contributed by atoms with Crippen LogP contribution in [0.4, 0.5) is 11.4 Å². The lowest BCUT2D eigenvalue weighted by Crippen LogP contribution is -2.37. The van der Waals surface area contributed by atoms with E-state index in [2.05, 4.69) is 10.0 Å². The van der Waals surface area contributed by atoms with Gasteiger partial charge in [-0.15, -0.1) is 0 Å². The Morgan fingerprint density at radius 3 is 2.32 bits per heavy atom. The number of carbonyl (C=O) groups excluding carboxylic acids is 2. The molecule has 0 spiro atoms. The molecule has 1 aliphatic heterocycles. The first-order chi connectivity index (χ1) is 13.3. The lowest BCUT2D eigenvalue weighted by Gasteiger charge is -2.17. The molecule has 1 heterocycles. The van der Waals surface area contributed by atoms with Gasteiger partial charge in [0.1, 0.15) is 5.75 Å². The predicted molar refractivity (Wildman–Crippen MR) is 105 cm³/mol. The number of sulfonamides is 1. The van der Waals surface area contributed by atoms with Crippen LogP contribution in [-0.4, -0.2) is 39.9 Å². The SMILES string of the molecule is COc1ccc(N2CC(NS(=O)(=O)c3ccc(NC(C)=O)cc3)CC2=O)cc1. The van der Waals surface area contributed by atoms with E-state index in [1.54, 1.807) is 36.3 Å². The van der Waals surface area contributed by atoms with Gasteiger partial charge < -0.3 is 15.0 Å². The standard InChI is InChI=1S/C19H21N3O5S/c1-13(23)20-14-3-9-18(10-4-14)28(25,26)21-15-11-19(24)22(12-15)16-5-7-17(27-2)8-6-16/h3-10,15,21H,11-12H2,1-2H3,(H,20,23). The predicted octanol–water partition coefficient (Wildman–Crippen LogP) is 1.74. The van der Waals surface area contributed by atoms with Crippen LogP contribution in [0.25, 0.3) is 0 Å². The molecule has 0 saturated carbocycles. The largest absolute Gasteiger partial charge is 0.497 e. The van der Waals surface area contributed by atoms with Crippen LogP contribution in [0.3, 0.4) is 0 Å². The molecule has 0 radical (unpaired) electrons. The molecule has 0 bridgehead atoms. The van der Waals surface area contributed by atoms with E-state index in [9.17, 15) is 18.0 Å². The number of nitrogens with one attached hydrogen (secondary N) is 2. The summed E-state index contributed by atoms with van der Waals surface area (Å²) in [5, 5.41) is 2.58. The second-order valence-corrected chi connectivity index (χ2v) is 8.14. The topological polar surface area (TPSA) is 105 Å². The first kappa shape index (κ1) is 19.8. The molecule has 2 aromatic carbocycles. The Labute approximate surface area is 163 Å². The number of methoxy groups -OCH3 is 1. The van der Waals surface area contributed by atoms with Gasteiger partial charge in [0.15, 0.2) is 0 Å². The molecule has 3 rings (SSSR count). The van der Waals surface area contributed by atoms with Gasteiger partial charge in [-0.25, -0.2) is 13.1 Å². The second kappa shape index (κ2) is 7.99. The highest BCUT2D eigenvalue weighted by Gasteiger charge is 2.33. The number of hydrogen-bond donors (Lipinski definition) is 2. The zero-order valence-electron chi connectivity index (χ0n) is 15.5. The Morgan fingerprint density at radius 1 is 1.11 bits per heavy atom. The fourth-order valence-corrected chi connectivity index (χ4v) is 4.23. The summed E-state index contributed by atoms with van der Waals surface area (Å²) in [6, 6.07) is 12.3. The minimum absolute atomic E-state index is 0.0666. The lowest BCUT2D eigenvalue weighted by atomic mass is 10.3. The second-order valence-electron chi connectivity index (χ2n) is 6.43. The fourth-order valence-electron chi connectivity index (χ4n) is 3.01. The molecule has 0 aliphatic carbocycles. The van der Waals surface area contributed by atoms with Crippen LogP contribution < -0.4 is 19.7 Å². The zero-order valence-corrected chi connectivity index (χ0v) is 16.3. The third-order valence-corrected chi connectivity index (χ3v) is 5.85. The van der Waals surface area contributed by atoms with Gasteiger partial charge in [0.05, 0.1) is 12.0 Å². The number of carbonyl (C=O) groups is 2. The van der Waals surface area contributed by atoms with Gasteiger partial charge in [-0.1, -0.05) is 0 Å². The van der Waals surface area contributed by atoms with E-state index in [4.69, 9.17) is 4.74 Å². The molecule has 148 valence electrons. The van der Waals surface area contributed by atoms with Crippen molar-refractivity contribution in [1.29, 1.82) is 0 Å². The third kappa shape index (κ3) is 4.49. The van der Waals surface area contributed by atoms with Crippen LogP contribution in [-0.2, 0) is 19.6 Å². The van der Waals surface area contributed by atoms with E-state index in [0.717, 1.165) is 0 Å². The molecule has 9 heteroatoms. The number of nitrogens with zero attached hydrogens (tertiary/aromatic N) is 1. The molecule has 8 nitrogen and oxygen atoms in total. The maximum Gasteiger partial charge on any atom is 0.240 e. The van der Waals surface area contributed by atoms with Gasteiger partial charge in [-0.3, -0.25) is 9.59 Å². The summed E-state index contributed by atoms with van der Waals surface area (Å²) in [6.07, 6.45) is 0.0786. The van der Waals surface area contributed by atoms with E-state index in [1.807, 2.05) is 0 Å². The average molecular weight is 403 g/mol. The van der Waals surface area contributed by atoms with Gasteiger partial charge in [0.2, 0.25) is 21.8 Å². The van der Waals surface area contributed by atoms with E-state index >= 15 is 0 Å². The molecule has 2 amide bonds. The number of amides is 2. The van der Waals surface area contributed by atoms with Crippen molar-refractivity contribution in [1.82, 2.24) is 4.72 Å². The third-order valence-electron chi connectivity index (χ3n) is 4.32. The summed E-state index contributed by atoms with van der Waals surface area (Å²) >= 11 is 0. The first-order valence-electron chi connectivity index (χ1n) is 8.63. The quantitative estimate of drug-likeness (QED) is 0.764. The molecule has 1 fully saturated rings. The van der Waals surface area contributed by atoms with Gasteiger partial charge in [-0.05, 0) is 48.5 Å². The monoisotopic (exact) mass is 403 g/mol. The molecule has 1 unspecified atom stereocenters. The Balaban J connectivity index is 1.69. The van der Waals surface area contributed by atoms with Gasteiger partial charge in [0, 0.05) is 37.3 Å². The zero-order chi connectivity index (χ0) is 20.3. The summed E-state index contributed by atoms with van der Waals surface area (Å²) < 4.78 is 32.9. The summed E-state index contributed by atoms with van der Waals surface area (Å²) in [5.74, 6) is 0.283. The first-order valence-corrected chi connectivity index (χ1v) is 10.1. The maximum atomic E-state index is 12.6. The van der Waals surface area contributed by atoms with E-state index < -0.39 is 16.1 Å².